The molecule has 0 radical (unpaired) electrons. The smallest absolute Gasteiger partial charge is 0.482 e. The third-order valence-electron chi connectivity index (χ3n) is 0.925. The first-order valence-corrected chi connectivity index (χ1v) is 2.77. The van der Waals surface area contributed by atoms with Crippen LogP contribution in [0.5, 0.6) is 0 Å². The third kappa shape index (κ3) is 2.93. The number of aliphatic imine (C=N–C) groups is 1. The maximum Gasteiger partial charge on any atom is 2.00 e. The van der Waals surface area contributed by atoms with E-state index in [4.69, 9.17) is 0 Å². The van der Waals surface area contributed by atoms with Gasteiger partial charge in [0.15, 0.2) is 0 Å². The van der Waals surface area contributed by atoms with Crippen LogP contribution in [0.2, 0.25) is 0 Å². The first-order valence-electron chi connectivity index (χ1n) is 2.77. The molecule has 0 saturated carbocycles. The second-order valence-electron chi connectivity index (χ2n) is 1.58. The minimum absolute atomic E-state index is 0. The number of para-hydroxylation sites is 1. The molecule has 0 atom stereocenters. The van der Waals surface area contributed by atoms with Crippen molar-refractivity contribution >= 4 is 11.9 Å². The van der Waals surface area contributed by atoms with Gasteiger partial charge in [-0.05, 0) is 0 Å². The average Bonchev–Trinajstić information content (AvgIpc) is 1.91. The molecule has 1 aromatic carbocycles. The molecule has 0 unspecified atom stereocenters. The molecule has 50 valence electrons. The first kappa shape index (κ1) is 9.58. The molecule has 0 fully saturated rings. The number of nitrogens with zero attached hydrogens (tertiary/aromatic N) is 1. The zero-order chi connectivity index (χ0) is 6.53. The summed E-state index contributed by atoms with van der Waals surface area (Å²) in [6.45, 7) is 1.76. The predicted octanol–water partition coefficient (Wildman–Crippen LogP) is 2.08. The van der Waals surface area contributed by atoms with E-state index in [0.717, 1.165) is 5.69 Å². The Morgan fingerprint density at radius 1 is 1.50 bits per heavy atom. The fourth-order valence-corrected chi connectivity index (χ4v) is 0.574. The SMILES string of the molecule is C[C-]=Nc1[c-]cccc1.[W+2]. The Morgan fingerprint density at radius 2 is 2.30 bits per heavy atom. The van der Waals surface area contributed by atoms with Gasteiger partial charge in [0, 0.05) is 0 Å². The van der Waals surface area contributed by atoms with E-state index in [-0.39, 0.29) is 21.1 Å². The molecule has 1 aromatic rings. The predicted molar refractivity (Wildman–Crippen MR) is 38.0 cm³/mol. The van der Waals surface area contributed by atoms with Gasteiger partial charge in [-0.3, -0.25) is 6.07 Å². The van der Waals surface area contributed by atoms with Gasteiger partial charge in [0.2, 0.25) is 0 Å². The van der Waals surface area contributed by atoms with Crippen molar-refractivity contribution in [3.05, 3.63) is 30.3 Å². The number of hydrogen-bond donors (Lipinski definition) is 0. The monoisotopic (exact) mass is 301 g/mol. The molecular weight excluding hydrogens is 294 g/mol. The number of hydrogen-bond acceptors (Lipinski definition) is 1. The Morgan fingerprint density at radius 3 is 2.80 bits per heavy atom. The summed E-state index contributed by atoms with van der Waals surface area (Å²) in [6.07, 6.45) is 2.68. The molecule has 0 aromatic heterocycles. The minimum atomic E-state index is 0. The van der Waals surface area contributed by atoms with Gasteiger partial charge in [-0.25, -0.2) is 11.8 Å². The molecule has 1 nitrogen and oxygen atoms in total. The molecule has 0 aliphatic heterocycles. The van der Waals surface area contributed by atoms with Crippen molar-refractivity contribution in [3.8, 4) is 0 Å². The maximum absolute atomic E-state index is 3.90. The van der Waals surface area contributed by atoms with Gasteiger partial charge in [0.05, 0.1) is 0 Å². The summed E-state index contributed by atoms with van der Waals surface area (Å²) in [7, 11) is 0. The standard InChI is InChI=1S/C8H7N.W/c1-2-9-8-6-4-3-5-7-8;/h3-6H,1H3;/q-2;+2. The van der Waals surface area contributed by atoms with Crippen molar-refractivity contribution in [2.24, 2.45) is 4.99 Å². The summed E-state index contributed by atoms with van der Waals surface area (Å²) < 4.78 is 0. The Labute approximate surface area is 75.4 Å². The number of benzene rings is 1. The van der Waals surface area contributed by atoms with E-state index in [0.29, 0.717) is 0 Å². The zero-order valence-corrected chi connectivity index (χ0v) is 8.60. The second-order valence-corrected chi connectivity index (χ2v) is 1.58. The van der Waals surface area contributed by atoms with E-state index < -0.39 is 0 Å². The normalized spacial score (nSPS) is 9.30. The van der Waals surface area contributed by atoms with Crippen molar-refractivity contribution in [1.82, 2.24) is 0 Å². The molecule has 0 bridgehead atoms. The Balaban J connectivity index is 0.000000810. The Hall–Kier alpha value is -0.422. The van der Waals surface area contributed by atoms with E-state index in [1.165, 1.54) is 0 Å². The van der Waals surface area contributed by atoms with Crippen LogP contribution in [0.3, 0.4) is 0 Å². The summed E-state index contributed by atoms with van der Waals surface area (Å²) in [4.78, 5) is 3.90. The third-order valence-corrected chi connectivity index (χ3v) is 0.925. The van der Waals surface area contributed by atoms with Crippen LogP contribution in [0.1, 0.15) is 6.92 Å². The van der Waals surface area contributed by atoms with E-state index in [1.54, 1.807) is 6.92 Å². The summed E-state index contributed by atoms with van der Waals surface area (Å²) >= 11 is 0. The van der Waals surface area contributed by atoms with E-state index in [2.05, 4.69) is 17.3 Å². The van der Waals surface area contributed by atoms with Crippen LogP contribution >= 0.6 is 0 Å². The fraction of sp³-hybridized carbons (Fsp3) is 0.125. The van der Waals surface area contributed by atoms with Gasteiger partial charge in [-0.1, -0.05) is 0 Å². The van der Waals surface area contributed by atoms with E-state index in [9.17, 15) is 0 Å². The topological polar surface area (TPSA) is 12.4 Å². The Kier molecular flexibility index (Phi) is 5.14. The van der Waals surface area contributed by atoms with Gasteiger partial charge >= 0.3 is 21.1 Å². The molecule has 2 heteroatoms. The average molecular weight is 301 g/mol. The summed E-state index contributed by atoms with van der Waals surface area (Å²) in [5.74, 6) is 0. The molecule has 0 saturated heterocycles. The number of rotatable bonds is 1. The van der Waals surface area contributed by atoms with Crippen LogP contribution in [0.4, 0.5) is 5.69 Å². The van der Waals surface area contributed by atoms with Crippen molar-refractivity contribution in [2.45, 2.75) is 6.92 Å². The van der Waals surface area contributed by atoms with Crippen molar-refractivity contribution in [2.75, 3.05) is 0 Å². The van der Waals surface area contributed by atoms with Gasteiger partial charge in [0.25, 0.3) is 0 Å². The van der Waals surface area contributed by atoms with Gasteiger partial charge in [-0.15, -0.1) is 6.92 Å². The second kappa shape index (κ2) is 5.37. The fourth-order valence-electron chi connectivity index (χ4n) is 0.574. The first-order chi connectivity index (χ1) is 4.43. The summed E-state index contributed by atoms with van der Waals surface area (Å²) in [5.41, 5.74) is 0.833. The van der Waals surface area contributed by atoms with Crippen LogP contribution in [-0.2, 0) is 21.1 Å². The molecule has 0 heterocycles. The molecular formula is C8H7NW. The van der Waals surface area contributed by atoms with Crippen LogP contribution in [0, 0.1) is 6.07 Å². The minimum Gasteiger partial charge on any atom is -0.482 e. The quantitative estimate of drug-likeness (QED) is 0.556. The Bertz CT molecular complexity index is 194. The molecule has 0 N–H and O–H groups in total. The van der Waals surface area contributed by atoms with Crippen LogP contribution < -0.4 is 0 Å². The molecule has 10 heavy (non-hydrogen) atoms. The van der Waals surface area contributed by atoms with Gasteiger partial charge < -0.3 is 4.99 Å². The molecule has 0 aliphatic rings. The van der Waals surface area contributed by atoms with E-state index >= 15 is 0 Å². The maximum atomic E-state index is 3.90. The summed E-state index contributed by atoms with van der Waals surface area (Å²) in [5, 5.41) is 0. The van der Waals surface area contributed by atoms with E-state index in [1.807, 2.05) is 24.3 Å². The molecule has 0 aliphatic carbocycles. The van der Waals surface area contributed by atoms with Crippen LogP contribution in [0.15, 0.2) is 29.3 Å². The molecule has 0 spiro atoms. The van der Waals surface area contributed by atoms with Gasteiger partial charge in [0.1, 0.15) is 0 Å². The van der Waals surface area contributed by atoms with Crippen LogP contribution in [0.25, 0.3) is 0 Å². The zero-order valence-electron chi connectivity index (χ0n) is 5.66. The van der Waals surface area contributed by atoms with Gasteiger partial charge in [-0.2, -0.15) is 24.4 Å². The molecule has 0 amide bonds. The van der Waals surface area contributed by atoms with Crippen molar-refractivity contribution in [3.63, 3.8) is 0 Å². The van der Waals surface area contributed by atoms with Crippen LogP contribution in [-0.4, -0.2) is 6.21 Å². The van der Waals surface area contributed by atoms with Crippen molar-refractivity contribution in [1.29, 1.82) is 0 Å². The summed E-state index contributed by atoms with van der Waals surface area (Å²) in [6, 6.07) is 10.5. The molecule has 1 rings (SSSR count). The largest absolute Gasteiger partial charge is 2.00 e. The van der Waals surface area contributed by atoms with Crippen molar-refractivity contribution < 1.29 is 21.1 Å².